The Morgan fingerprint density at radius 2 is 1.14 bits per heavy atom. The number of rotatable bonds is 20. The summed E-state index contributed by atoms with van der Waals surface area (Å²) in [4.78, 5) is 12.5. The van der Waals surface area contributed by atoms with Crippen molar-refractivity contribution >= 4 is 17.7 Å². The Hall–Kier alpha value is -0.960. The van der Waals surface area contributed by atoms with Crippen LogP contribution < -0.4 is 0 Å². The molecule has 1 N–H and O–H groups in total. The fraction of sp³-hybridized carbons (Fsp3) is 0.731. The lowest BCUT2D eigenvalue weighted by molar-refractivity contribution is -0.136. The molecule has 0 aliphatic heterocycles. The number of carboxylic acids is 1. The highest BCUT2D eigenvalue weighted by Crippen LogP contribution is 2.27. The molecular weight excluding hydrogens is 376 g/mol. The van der Waals surface area contributed by atoms with Crippen LogP contribution in [0.3, 0.4) is 0 Å². The average molecular weight is 421 g/mol. The SMILES string of the molecule is CCCCCCCCCCCCCCCCCCC(Sc1ccccc1)C(=O)O. The van der Waals surface area contributed by atoms with Crippen LogP contribution in [0.15, 0.2) is 35.2 Å². The normalized spacial score (nSPS) is 12.2. The van der Waals surface area contributed by atoms with Gasteiger partial charge in [-0.05, 0) is 18.6 Å². The quantitative estimate of drug-likeness (QED) is 0.169. The molecule has 1 atom stereocenters. The molecule has 0 aliphatic rings. The van der Waals surface area contributed by atoms with Gasteiger partial charge in [-0.2, -0.15) is 0 Å². The molecule has 0 spiro atoms. The van der Waals surface area contributed by atoms with Crippen molar-refractivity contribution in [3.63, 3.8) is 0 Å². The molecular formula is C26H44O2S. The van der Waals surface area contributed by atoms with E-state index in [2.05, 4.69) is 6.92 Å². The molecule has 1 unspecified atom stereocenters. The number of hydrogen-bond donors (Lipinski definition) is 1. The Bertz CT molecular complexity index is 489. The van der Waals surface area contributed by atoms with Gasteiger partial charge in [0.05, 0.1) is 0 Å². The maximum Gasteiger partial charge on any atom is 0.316 e. The van der Waals surface area contributed by atoms with Gasteiger partial charge in [-0.3, -0.25) is 4.79 Å². The predicted molar refractivity (Wildman–Crippen MR) is 128 cm³/mol. The number of unbranched alkanes of at least 4 members (excludes halogenated alkanes) is 15. The van der Waals surface area contributed by atoms with Gasteiger partial charge >= 0.3 is 5.97 Å². The summed E-state index contributed by atoms with van der Waals surface area (Å²) < 4.78 is 0. The molecule has 0 saturated carbocycles. The van der Waals surface area contributed by atoms with Crippen LogP contribution in [0.2, 0.25) is 0 Å². The van der Waals surface area contributed by atoms with Gasteiger partial charge < -0.3 is 5.11 Å². The van der Waals surface area contributed by atoms with E-state index in [0.717, 1.165) is 24.2 Å². The Morgan fingerprint density at radius 3 is 1.55 bits per heavy atom. The molecule has 0 saturated heterocycles. The zero-order chi connectivity index (χ0) is 21.0. The van der Waals surface area contributed by atoms with Crippen LogP contribution >= 0.6 is 11.8 Å². The number of aliphatic carboxylic acids is 1. The zero-order valence-electron chi connectivity index (χ0n) is 18.7. The second-order valence-corrected chi connectivity index (χ2v) is 9.63. The number of thioether (sulfide) groups is 1. The molecule has 0 fully saturated rings. The molecule has 166 valence electrons. The first-order valence-corrected chi connectivity index (χ1v) is 13.1. The van der Waals surface area contributed by atoms with Gasteiger partial charge in [0.15, 0.2) is 0 Å². The van der Waals surface area contributed by atoms with Crippen LogP contribution in [0.1, 0.15) is 116 Å². The zero-order valence-corrected chi connectivity index (χ0v) is 19.6. The van der Waals surface area contributed by atoms with Crippen molar-refractivity contribution < 1.29 is 9.90 Å². The summed E-state index contributed by atoms with van der Waals surface area (Å²) in [5.41, 5.74) is 0. The van der Waals surface area contributed by atoms with Crippen LogP contribution in [0, 0.1) is 0 Å². The molecule has 0 heterocycles. The molecule has 1 rings (SSSR count). The molecule has 1 aromatic rings. The van der Waals surface area contributed by atoms with Crippen LogP contribution in [0.5, 0.6) is 0 Å². The summed E-state index contributed by atoms with van der Waals surface area (Å²) in [6, 6.07) is 9.89. The van der Waals surface area contributed by atoms with E-state index in [1.165, 1.54) is 102 Å². The second-order valence-electron chi connectivity index (χ2n) is 8.35. The van der Waals surface area contributed by atoms with Crippen molar-refractivity contribution in [2.45, 2.75) is 126 Å². The molecule has 2 nitrogen and oxygen atoms in total. The average Bonchev–Trinajstić information content (AvgIpc) is 2.73. The fourth-order valence-electron chi connectivity index (χ4n) is 3.77. The van der Waals surface area contributed by atoms with Gasteiger partial charge in [0.25, 0.3) is 0 Å². The summed E-state index contributed by atoms with van der Waals surface area (Å²) >= 11 is 1.48. The van der Waals surface area contributed by atoms with E-state index in [9.17, 15) is 9.90 Å². The van der Waals surface area contributed by atoms with Crippen LogP contribution in [-0.2, 0) is 4.79 Å². The van der Waals surface area contributed by atoms with E-state index in [1.54, 1.807) is 0 Å². The van der Waals surface area contributed by atoms with Gasteiger partial charge in [0.1, 0.15) is 5.25 Å². The van der Waals surface area contributed by atoms with Crippen molar-refractivity contribution in [1.82, 2.24) is 0 Å². The third-order valence-electron chi connectivity index (χ3n) is 5.62. The maximum atomic E-state index is 11.5. The maximum absolute atomic E-state index is 11.5. The van der Waals surface area contributed by atoms with E-state index < -0.39 is 5.97 Å². The highest BCUT2D eigenvalue weighted by Gasteiger charge is 2.18. The standard InChI is InChI=1S/C26H44O2S/c1-2-3-4-5-6-7-8-9-10-11-12-13-14-15-16-20-23-25(26(27)28)29-24-21-18-17-19-22-24/h17-19,21-22,25H,2-16,20,23H2,1H3,(H,27,28). The number of carbonyl (C=O) groups is 1. The molecule has 0 aromatic heterocycles. The molecule has 0 bridgehead atoms. The monoisotopic (exact) mass is 420 g/mol. The number of carboxylic acid groups (broad SMARTS) is 1. The first-order chi connectivity index (χ1) is 14.2. The summed E-state index contributed by atoms with van der Waals surface area (Å²) in [7, 11) is 0. The molecule has 1 aromatic carbocycles. The Kier molecular flexibility index (Phi) is 17.1. The molecule has 3 heteroatoms. The van der Waals surface area contributed by atoms with Gasteiger partial charge in [-0.15, -0.1) is 11.8 Å². The van der Waals surface area contributed by atoms with E-state index >= 15 is 0 Å². The van der Waals surface area contributed by atoms with E-state index in [0.29, 0.717) is 0 Å². The summed E-state index contributed by atoms with van der Waals surface area (Å²) in [5.74, 6) is -0.681. The lowest BCUT2D eigenvalue weighted by atomic mass is 10.0. The molecule has 0 aliphatic carbocycles. The predicted octanol–water partition coefficient (Wildman–Crippen LogP) is 8.88. The third kappa shape index (κ3) is 15.5. The van der Waals surface area contributed by atoms with Crippen LogP contribution in [0.4, 0.5) is 0 Å². The first kappa shape index (κ1) is 26.1. The molecule has 29 heavy (non-hydrogen) atoms. The van der Waals surface area contributed by atoms with Crippen molar-refractivity contribution in [3.05, 3.63) is 30.3 Å². The summed E-state index contributed by atoms with van der Waals surface area (Å²) in [6.45, 7) is 2.28. The van der Waals surface area contributed by atoms with Gasteiger partial charge in [0.2, 0.25) is 0 Å². The van der Waals surface area contributed by atoms with E-state index in [4.69, 9.17) is 0 Å². The lowest BCUT2D eigenvalue weighted by Crippen LogP contribution is -2.16. The highest BCUT2D eigenvalue weighted by molar-refractivity contribution is 8.00. The van der Waals surface area contributed by atoms with Crippen LogP contribution in [0.25, 0.3) is 0 Å². The Labute approximate surface area is 184 Å². The summed E-state index contributed by atoms with van der Waals surface area (Å²) in [5, 5.41) is 9.12. The highest BCUT2D eigenvalue weighted by atomic mass is 32.2. The van der Waals surface area contributed by atoms with Crippen molar-refractivity contribution in [2.75, 3.05) is 0 Å². The topological polar surface area (TPSA) is 37.3 Å². The largest absolute Gasteiger partial charge is 0.480 e. The van der Waals surface area contributed by atoms with Crippen molar-refractivity contribution in [3.8, 4) is 0 Å². The number of benzene rings is 1. The second kappa shape index (κ2) is 19.0. The fourth-order valence-corrected chi connectivity index (χ4v) is 4.80. The minimum atomic E-state index is -0.681. The van der Waals surface area contributed by atoms with E-state index in [-0.39, 0.29) is 5.25 Å². The Balaban J connectivity index is 1.88. The lowest BCUT2D eigenvalue weighted by Gasteiger charge is -2.11. The van der Waals surface area contributed by atoms with Crippen molar-refractivity contribution in [1.29, 1.82) is 0 Å². The summed E-state index contributed by atoms with van der Waals surface area (Å²) in [6.07, 6.45) is 22.4. The first-order valence-electron chi connectivity index (χ1n) is 12.2. The van der Waals surface area contributed by atoms with Gasteiger partial charge in [-0.25, -0.2) is 0 Å². The van der Waals surface area contributed by atoms with E-state index in [1.807, 2.05) is 30.3 Å². The van der Waals surface area contributed by atoms with Crippen molar-refractivity contribution in [2.24, 2.45) is 0 Å². The Morgan fingerprint density at radius 1 is 0.724 bits per heavy atom. The van der Waals surface area contributed by atoms with Gasteiger partial charge in [-0.1, -0.05) is 128 Å². The smallest absolute Gasteiger partial charge is 0.316 e. The molecule has 0 radical (unpaired) electrons. The van der Waals surface area contributed by atoms with Gasteiger partial charge in [0, 0.05) is 4.90 Å². The number of hydrogen-bond acceptors (Lipinski definition) is 2. The minimum Gasteiger partial charge on any atom is -0.480 e. The third-order valence-corrected chi connectivity index (χ3v) is 6.88. The van der Waals surface area contributed by atoms with Crippen LogP contribution in [-0.4, -0.2) is 16.3 Å². The molecule has 0 amide bonds. The minimum absolute atomic E-state index is 0.316.